The molecule has 0 unspecified atom stereocenters. The molecule has 38 heavy (non-hydrogen) atoms. The van der Waals surface area contributed by atoms with E-state index < -0.39 is 42.6 Å². The molecule has 5 atom stereocenters. The number of halogens is 1. The van der Waals surface area contributed by atoms with Gasteiger partial charge in [0.15, 0.2) is 18.5 Å². The maximum atomic E-state index is 13.0. The fourth-order valence-electron chi connectivity index (χ4n) is 3.98. The van der Waals surface area contributed by atoms with Crippen molar-refractivity contribution in [1.29, 1.82) is 0 Å². The normalized spacial score (nSPS) is 22.9. The lowest BCUT2D eigenvalue weighted by Gasteiger charge is -2.43. The Balaban J connectivity index is 1.56. The van der Waals surface area contributed by atoms with Crippen LogP contribution in [0.5, 0.6) is 0 Å². The molecule has 1 aliphatic heterocycles. The number of esters is 2. The van der Waals surface area contributed by atoms with E-state index in [0.717, 1.165) is 5.56 Å². The molecule has 1 aliphatic rings. The summed E-state index contributed by atoms with van der Waals surface area (Å²) in [5.74, 6) is -1.35. The van der Waals surface area contributed by atoms with Gasteiger partial charge in [-0.15, -0.1) is 0 Å². The predicted molar refractivity (Wildman–Crippen MR) is 142 cm³/mol. The zero-order valence-electron chi connectivity index (χ0n) is 20.6. The lowest BCUT2D eigenvalue weighted by atomic mass is 9.98. The summed E-state index contributed by atoms with van der Waals surface area (Å²) >= 11 is 3.32. The maximum Gasteiger partial charge on any atom is 0.338 e. The average molecular weight is 585 g/mol. The van der Waals surface area contributed by atoms with Crippen LogP contribution in [0.3, 0.4) is 0 Å². The number of aliphatic hydroxyl groups excluding tert-OH is 1. The number of hydrogen-bond acceptors (Lipinski definition) is 8. The molecule has 0 aliphatic carbocycles. The molecule has 0 saturated carbocycles. The smallest absolute Gasteiger partial charge is 0.338 e. The van der Waals surface area contributed by atoms with Crippen molar-refractivity contribution in [3.63, 3.8) is 0 Å². The van der Waals surface area contributed by atoms with Crippen molar-refractivity contribution < 1.29 is 38.4 Å². The van der Waals surface area contributed by atoms with E-state index in [9.17, 15) is 14.7 Å². The first-order valence-electron chi connectivity index (χ1n) is 12.2. The molecule has 3 aromatic carbocycles. The Bertz CT molecular complexity index is 1150. The molecule has 1 N–H and O–H groups in total. The van der Waals surface area contributed by atoms with Gasteiger partial charge in [0.25, 0.3) is 0 Å². The molecule has 3 aromatic rings. The third-order valence-corrected chi connectivity index (χ3v) is 6.20. The highest BCUT2D eigenvalue weighted by molar-refractivity contribution is 9.09. The zero-order valence-corrected chi connectivity index (χ0v) is 22.1. The molecule has 8 nitrogen and oxygen atoms in total. The monoisotopic (exact) mass is 584 g/mol. The first-order valence-corrected chi connectivity index (χ1v) is 13.3. The van der Waals surface area contributed by atoms with Crippen LogP contribution in [0.4, 0.5) is 0 Å². The van der Waals surface area contributed by atoms with E-state index in [2.05, 4.69) is 15.9 Å². The van der Waals surface area contributed by atoms with Gasteiger partial charge in [-0.2, -0.15) is 0 Å². The van der Waals surface area contributed by atoms with E-state index in [-0.39, 0.29) is 18.8 Å². The highest BCUT2D eigenvalue weighted by Gasteiger charge is 2.50. The molecule has 4 rings (SSSR count). The quantitative estimate of drug-likeness (QED) is 0.265. The van der Waals surface area contributed by atoms with E-state index in [4.69, 9.17) is 23.7 Å². The lowest BCUT2D eigenvalue weighted by molar-refractivity contribution is -0.300. The van der Waals surface area contributed by atoms with E-state index >= 15 is 0 Å². The van der Waals surface area contributed by atoms with Gasteiger partial charge in [0.2, 0.25) is 0 Å². The maximum absolute atomic E-state index is 13.0. The van der Waals surface area contributed by atoms with Gasteiger partial charge in [0.05, 0.1) is 30.9 Å². The van der Waals surface area contributed by atoms with Gasteiger partial charge in [-0.3, -0.25) is 0 Å². The van der Waals surface area contributed by atoms with Crippen molar-refractivity contribution in [3.8, 4) is 0 Å². The Morgan fingerprint density at radius 2 is 1.32 bits per heavy atom. The van der Waals surface area contributed by atoms with E-state index in [1.165, 1.54) is 0 Å². The fourth-order valence-corrected chi connectivity index (χ4v) is 4.17. The Kier molecular flexibility index (Phi) is 10.4. The van der Waals surface area contributed by atoms with Crippen molar-refractivity contribution in [1.82, 2.24) is 0 Å². The molecule has 9 heteroatoms. The standard InChI is InChI=1S/C29H29BrO8/c30-16-17-35-29-26(38-28(33)22-14-8-3-9-15-22)25(37-27(32)21-12-6-2-7-13-21)24(31)23(36-29)19-34-18-20-10-4-1-5-11-20/h1-15,23-26,29,31H,16-19H2/t23-,24-,25+,26-,29-/m1/s1. The van der Waals surface area contributed by atoms with Crippen LogP contribution in [0.25, 0.3) is 0 Å². The highest BCUT2D eigenvalue weighted by Crippen LogP contribution is 2.29. The largest absolute Gasteiger partial charge is 0.452 e. The molecule has 200 valence electrons. The summed E-state index contributed by atoms with van der Waals surface area (Å²) in [6.07, 6.45) is -5.93. The summed E-state index contributed by atoms with van der Waals surface area (Å²) in [5, 5.41) is 11.8. The van der Waals surface area contributed by atoms with Crippen molar-refractivity contribution >= 4 is 27.9 Å². The lowest BCUT2D eigenvalue weighted by Crippen LogP contribution is -2.62. The number of rotatable bonds is 11. The van der Waals surface area contributed by atoms with Crippen LogP contribution >= 0.6 is 15.9 Å². The molecule has 0 bridgehead atoms. The van der Waals surface area contributed by atoms with Gasteiger partial charge in [0.1, 0.15) is 12.2 Å². The third kappa shape index (κ3) is 7.49. The average Bonchev–Trinajstić information content (AvgIpc) is 2.96. The van der Waals surface area contributed by atoms with Crippen LogP contribution in [0.2, 0.25) is 0 Å². The first-order chi connectivity index (χ1) is 18.6. The molecule has 0 radical (unpaired) electrons. The van der Waals surface area contributed by atoms with Gasteiger partial charge in [-0.25, -0.2) is 9.59 Å². The Morgan fingerprint density at radius 3 is 1.87 bits per heavy atom. The molecular formula is C29H29BrO8. The number of carbonyl (C=O) groups excluding carboxylic acids is 2. The third-order valence-electron chi connectivity index (χ3n) is 5.88. The molecule has 1 fully saturated rings. The van der Waals surface area contributed by atoms with Gasteiger partial charge in [0, 0.05) is 5.33 Å². The zero-order chi connectivity index (χ0) is 26.7. The second-order valence-corrected chi connectivity index (χ2v) is 9.36. The molecular weight excluding hydrogens is 556 g/mol. The van der Waals surface area contributed by atoms with Gasteiger partial charge >= 0.3 is 11.9 Å². The van der Waals surface area contributed by atoms with Gasteiger partial charge in [-0.05, 0) is 29.8 Å². The predicted octanol–water partition coefficient (Wildman–Crippen LogP) is 4.15. The van der Waals surface area contributed by atoms with Gasteiger partial charge < -0.3 is 28.8 Å². The first kappa shape index (κ1) is 27.9. The van der Waals surface area contributed by atoms with Crippen LogP contribution < -0.4 is 0 Å². The minimum Gasteiger partial charge on any atom is -0.452 e. The van der Waals surface area contributed by atoms with Crippen LogP contribution in [-0.2, 0) is 30.3 Å². The van der Waals surface area contributed by atoms with Crippen molar-refractivity contribution in [2.24, 2.45) is 0 Å². The number of hydrogen-bond donors (Lipinski definition) is 1. The van der Waals surface area contributed by atoms with E-state index in [1.54, 1.807) is 60.7 Å². The summed E-state index contributed by atoms with van der Waals surface area (Å²) in [5.41, 5.74) is 1.53. The molecule has 1 heterocycles. The number of alkyl halides is 1. The summed E-state index contributed by atoms with van der Waals surface area (Å²) in [6.45, 7) is 0.501. The number of aliphatic hydroxyl groups is 1. The Labute approximate surface area is 229 Å². The van der Waals surface area contributed by atoms with E-state index in [0.29, 0.717) is 17.5 Å². The number of benzene rings is 3. The summed E-state index contributed by atoms with van der Waals surface area (Å²) < 4.78 is 29.2. The summed E-state index contributed by atoms with van der Waals surface area (Å²) in [7, 11) is 0. The molecule has 0 amide bonds. The van der Waals surface area contributed by atoms with Crippen molar-refractivity contribution in [2.75, 3.05) is 18.5 Å². The second-order valence-electron chi connectivity index (χ2n) is 8.57. The van der Waals surface area contributed by atoms with Crippen LogP contribution in [0.1, 0.15) is 26.3 Å². The second kappa shape index (κ2) is 14.2. The highest BCUT2D eigenvalue weighted by atomic mass is 79.9. The minimum absolute atomic E-state index is 0.0109. The van der Waals surface area contributed by atoms with Crippen molar-refractivity contribution in [2.45, 2.75) is 37.3 Å². The fraction of sp³-hybridized carbons (Fsp3) is 0.310. The Morgan fingerprint density at radius 1 is 0.789 bits per heavy atom. The summed E-state index contributed by atoms with van der Waals surface area (Å²) in [6, 6.07) is 26.3. The van der Waals surface area contributed by atoms with Crippen LogP contribution in [0.15, 0.2) is 91.0 Å². The number of carbonyl (C=O) groups is 2. The van der Waals surface area contributed by atoms with Gasteiger partial charge in [-0.1, -0.05) is 82.7 Å². The topological polar surface area (TPSA) is 101 Å². The summed E-state index contributed by atoms with van der Waals surface area (Å²) in [4.78, 5) is 26.0. The number of ether oxygens (including phenoxy) is 5. The van der Waals surface area contributed by atoms with Crippen LogP contribution in [0, 0.1) is 0 Å². The van der Waals surface area contributed by atoms with Crippen LogP contribution in [-0.4, -0.2) is 66.3 Å². The Hall–Kier alpha value is -3.08. The molecule has 0 aromatic heterocycles. The SMILES string of the molecule is O=C(O[C@H]1[C@H](OCCBr)O[C@H](COCc2ccccc2)[C@@H](O)[C@@H]1OC(=O)c1ccccc1)c1ccccc1. The van der Waals surface area contributed by atoms with E-state index in [1.807, 2.05) is 30.3 Å². The molecule has 0 spiro atoms. The minimum atomic E-state index is -1.36. The van der Waals surface area contributed by atoms with Crippen molar-refractivity contribution in [3.05, 3.63) is 108 Å². The molecule has 1 saturated heterocycles.